The van der Waals surface area contributed by atoms with Crippen molar-refractivity contribution in [3.05, 3.63) is 21.4 Å². The molecular weight excluding hydrogens is 290 g/mol. The van der Waals surface area contributed by atoms with Crippen molar-refractivity contribution in [2.75, 3.05) is 13.7 Å². The number of carboxylic acid groups (broad SMARTS) is 1. The van der Waals surface area contributed by atoms with E-state index < -0.39 is 12.0 Å². The van der Waals surface area contributed by atoms with Crippen molar-refractivity contribution in [1.29, 1.82) is 0 Å². The van der Waals surface area contributed by atoms with Gasteiger partial charge in [0.2, 0.25) is 0 Å². The molecular formula is C15H21NO4S. The van der Waals surface area contributed by atoms with Crippen LogP contribution in [-0.4, -0.2) is 36.7 Å². The lowest BCUT2D eigenvalue weighted by atomic mass is 9.88. The monoisotopic (exact) mass is 311 g/mol. The summed E-state index contributed by atoms with van der Waals surface area (Å²) < 4.78 is 4.88. The van der Waals surface area contributed by atoms with Gasteiger partial charge in [0.05, 0.1) is 5.56 Å². The average molecular weight is 311 g/mol. The van der Waals surface area contributed by atoms with Gasteiger partial charge in [0.25, 0.3) is 5.91 Å². The standard InChI is InChI=1S/C15H21NO4S/c1-9-3-4-10-11(8-21-13(10)7-9)14(17)16-12(15(18)19)5-6-20-2/h8-9,12H,3-7H2,1-2H3,(H,16,17)(H,18,19). The van der Waals surface area contributed by atoms with Gasteiger partial charge in [-0.05, 0) is 30.7 Å². The molecule has 1 aliphatic rings. The molecule has 116 valence electrons. The normalized spacial score (nSPS) is 18.9. The molecule has 2 unspecified atom stereocenters. The fourth-order valence-corrected chi connectivity index (χ4v) is 3.84. The number of hydrogen-bond acceptors (Lipinski definition) is 4. The zero-order chi connectivity index (χ0) is 15.4. The third-order valence-corrected chi connectivity index (χ3v) is 4.91. The summed E-state index contributed by atoms with van der Waals surface area (Å²) in [5, 5.41) is 13.6. The topological polar surface area (TPSA) is 75.6 Å². The number of nitrogens with one attached hydrogen (secondary N) is 1. The van der Waals surface area contributed by atoms with E-state index in [9.17, 15) is 9.59 Å². The van der Waals surface area contributed by atoms with Gasteiger partial charge in [-0.2, -0.15) is 0 Å². The highest BCUT2D eigenvalue weighted by molar-refractivity contribution is 7.10. The van der Waals surface area contributed by atoms with Gasteiger partial charge in [0, 0.05) is 30.4 Å². The van der Waals surface area contributed by atoms with Gasteiger partial charge in [0.1, 0.15) is 6.04 Å². The van der Waals surface area contributed by atoms with Crippen LogP contribution >= 0.6 is 11.3 Å². The number of carboxylic acids is 1. The molecule has 2 rings (SSSR count). The number of rotatable bonds is 6. The number of carbonyl (C=O) groups is 2. The first-order chi connectivity index (χ1) is 10.0. The molecule has 1 aromatic rings. The summed E-state index contributed by atoms with van der Waals surface area (Å²) in [7, 11) is 1.51. The SMILES string of the molecule is COCCC(NC(=O)c1csc2c1CCC(C)C2)C(=O)O. The van der Waals surface area contributed by atoms with Gasteiger partial charge in [-0.1, -0.05) is 6.92 Å². The van der Waals surface area contributed by atoms with Gasteiger partial charge < -0.3 is 15.2 Å². The molecule has 5 nitrogen and oxygen atoms in total. The van der Waals surface area contributed by atoms with Crippen molar-refractivity contribution in [2.24, 2.45) is 5.92 Å². The number of methoxy groups -OCH3 is 1. The molecule has 1 aliphatic carbocycles. The number of aliphatic carboxylic acids is 1. The fourth-order valence-electron chi connectivity index (χ4n) is 2.60. The summed E-state index contributed by atoms with van der Waals surface area (Å²) in [5.74, 6) is -0.663. The van der Waals surface area contributed by atoms with Crippen LogP contribution in [0.2, 0.25) is 0 Å². The Labute approximate surface area is 128 Å². The molecule has 0 aromatic carbocycles. The first kappa shape index (κ1) is 16.0. The molecule has 0 bridgehead atoms. The summed E-state index contributed by atoms with van der Waals surface area (Å²) >= 11 is 1.60. The summed E-state index contributed by atoms with van der Waals surface area (Å²) in [6.07, 6.45) is 3.26. The summed E-state index contributed by atoms with van der Waals surface area (Å²) in [4.78, 5) is 24.8. The van der Waals surface area contributed by atoms with Crippen LogP contribution in [0.5, 0.6) is 0 Å². The van der Waals surface area contributed by atoms with Crippen molar-refractivity contribution in [3.63, 3.8) is 0 Å². The highest BCUT2D eigenvalue weighted by atomic mass is 32.1. The molecule has 21 heavy (non-hydrogen) atoms. The van der Waals surface area contributed by atoms with E-state index >= 15 is 0 Å². The molecule has 0 aliphatic heterocycles. The van der Waals surface area contributed by atoms with E-state index in [2.05, 4.69) is 12.2 Å². The Kier molecular flexibility index (Phi) is 5.36. The maximum Gasteiger partial charge on any atom is 0.326 e. The number of hydrogen-bond donors (Lipinski definition) is 2. The predicted molar refractivity (Wildman–Crippen MR) is 80.9 cm³/mol. The Balaban J connectivity index is 2.08. The van der Waals surface area contributed by atoms with Crippen LogP contribution in [0.4, 0.5) is 0 Å². The molecule has 1 heterocycles. The number of fused-ring (bicyclic) bond motifs is 1. The van der Waals surface area contributed by atoms with Crippen LogP contribution in [-0.2, 0) is 22.4 Å². The van der Waals surface area contributed by atoms with Gasteiger partial charge in [-0.15, -0.1) is 11.3 Å². The fraction of sp³-hybridized carbons (Fsp3) is 0.600. The minimum absolute atomic E-state index is 0.265. The largest absolute Gasteiger partial charge is 0.480 e. The molecule has 0 saturated carbocycles. The Bertz CT molecular complexity index is 526. The lowest BCUT2D eigenvalue weighted by molar-refractivity contribution is -0.139. The van der Waals surface area contributed by atoms with E-state index in [1.54, 1.807) is 11.3 Å². The zero-order valence-electron chi connectivity index (χ0n) is 12.3. The van der Waals surface area contributed by atoms with Crippen molar-refractivity contribution < 1.29 is 19.4 Å². The van der Waals surface area contributed by atoms with Crippen LogP contribution in [0.1, 0.15) is 40.6 Å². The Morgan fingerprint density at radius 2 is 2.33 bits per heavy atom. The Morgan fingerprint density at radius 1 is 1.57 bits per heavy atom. The lowest BCUT2D eigenvalue weighted by Gasteiger charge is -2.19. The minimum Gasteiger partial charge on any atom is -0.480 e. The van der Waals surface area contributed by atoms with Crippen LogP contribution in [0, 0.1) is 5.92 Å². The molecule has 0 fully saturated rings. The van der Waals surface area contributed by atoms with E-state index in [4.69, 9.17) is 9.84 Å². The van der Waals surface area contributed by atoms with E-state index in [1.807, 2.05) is 5.38 Å². The minimum atomic E-state index is -1.03. The maximum absolute atomic E-state index is 12.3. The quantitative estimate of drug-likeness (QED) is 0.843. The van der Waals surface area contributed by atoms with Gasteiger partial charge in [0.15, 0.2) is 0 Å². The van der Waals surface area contributed by atoms with Crippen LogP contribution in [0.3, 0.4) is 0 Å². The van der Waals surface area contributed by atoms with Crippen molar-refractivity contribution in [3.8, 4) is 0 Å². The Hall–Kier alpha value is -1.40. The number of carbonyl (C=O) groups excluding carboxylic acids is 1. The van der Waals surface area contributed by atoms with E-state index in [-0.39, 0.29) is 12.3 Å². The molecule has 1 amide bonds. The van der Waals surface area contributed by atoms with Crippen LogP contribution in [0.15, 0.2) is 5.38 Å². The van der Waals surface area contributed by atoms with Crippen LogP contribution < -0.4 is 5.32 Å². The zero-order valence-corrected chi connectivity index (χ0v) is 13.2. The van der Waals surface area contributed by atoms with Crippen molar-refractivity contribution in [1.82, 2.24) is 5.32 Å². The molecule has 2 atom stereocenters. The smallest absolute Gasteiger partial charge is 0.326 e. The second-order valence-corrected chi connectivity index (χ2v) is 6.51. The van der Waals surface area contributed by atoms with Gasteiger partial charge >= 0.3 is 5.97 Å². The first-order valence-corrected chi connectivity index (χ1v) is 8.02. The van der Waals surface area contributed by atoms with Gasteiger partial charge in [-0.3, -0.25) is 4.79 Å². The lowest BCUT2D eigenvalue weighted by Crippen LogP contribution is -2.41. The molecule has 0 saturated heterocycles. The Morgan fingerprint density at radius 3 is 3.00 bits per heavy atom. The summed E-state index contributed by atoms with van der Waals surface area (Å²) in [6.45, 7) is 2.52. The number of amides is 1. The third-order valence-electron chi connectivity index (χ3n) is 3.86. The second kappa shape index (κ2) is 7.04. The second-order valence-electron chi connectivity index (χ2n) is 5.54. The summed E-state index contributed by atoms with van der Waals surface area (Å²) in [5.41, 5.74) is 1.75. The number of ether oxygens (including phenoxy) is 1. The van der Waals surface area contributed by atoms with E-state index in [0.29, 0.717) is 18.1 Å². The molecule has 2 N–H and O–H groups in total. The van der Waals surface area contributed by atoms with Gasteiger partial charge in [-0.25, -0.2) is 4.79 Å². The molecule has 0 spiro atoms. The first-order valence-electron chi connectivity index (χ1n) is 7.14. The number of thiophene rings is 1. The van der Waals surface area contributed by atoms with E-state index in [0.717, 1.165) is 24.8 Å². The van der Waals surface area contributed by atoms with Crippen LogP contribution in [0.25, 0.3) is 0 Å². The third kappa shape index (κ3) is 3.83. The van der Waals surface area contributed by atoms with E-state index in [1.165, 1.54) is 12.0 Å². The summed E-state index contributed by atoms with van der Waals surface area (Å²) in [6, 6.07) is -0.907. The van der Waals surface area contributed by atoms with Crippen molar-refractivity contribution in [2.45, 2.75) is 38.6 Å². The highest BCUT2D eigenvalue weighted by Gasteiger charge is 2.26. The average Bonchev–Trinajstić information content (AvgIpc) is 2.85. The maximum atomic E-state index is 12.3. The molecule has 0 radical (unpaired) electrons. The molecule has 6 heteroatoms. The van der Waals surface area contributed by atoms with Crippen molar-refractivity contribution >= 4 is 23.2 Å². The molecule has 1 aromatic heterocycles. The predicted octanol–water partition coefficient (Wildman–Crippen LogP) is 2.09. The highest BCUT2D eigenvalue weighted by Crippen LogP contribution is 2.32.